The van der Waals surface area contributed by atoms with Crippen LogP contribution >= 0.6 is 11.8 Å². The number of morpholine rings is 1. The molecule has 192 valence electrons. The van der Waals surface area contributed by atoms with E-state index in [1.165, 1.54) is 37.1 Å². The minimum Gasteiger partial charge on any atom is -0.505 e. The molecular formula is C30H31FN2O3S. The molecular weight excluding hydrogens is 487 g/mol. The SMILES string of the molecule is O=C1N=C(N2CCOCC2)S/C1=C/c1cccc(-c2cc(F)c(O)c(C34CC5CC(CC(C5)C3)C4)c2)c1. The van der Waals surface area contributed by atoms with Crippen LogP contribution in [0.1, 0.15) is 49.7 Å². The van der Waals surface area contributed by atoms with Gasteiger partial charge in [-0.1, -0.05) is 18.2 Å². The largest absolute Gasteiger partial charge is 0.505 e. The van der Waals surface area contributed by atoms with E-state index < -0.39 is 5.82 Å². The molecule has 2 heterocycles. The van der Waals surface area contributed by atoms with Gasteiger partial charge in [0.1, 0.15) is 0 Å². The maximum absolute atomic E-state index is 15.2. The number of benzene rings is 2. The number of ether oxygens (including phenoxy) is 1. The van der Waals surface area contributed by atoms with Crippen molar-refractivity contribution < 1.29 is 19.0 Å². The summed E-state index contributed by atoms with van der Waals surface area (Å²) in [5, 5.41) is 11.6. The van der Waals surface area contributed by atoms with Crippen molar-refractivity contribution in [2.45, 2.75) is 43.9 Å². The Balaban J connectivity index is 1.19. The topological polar surface area (TPSA) is 62.1 Å². The van der Waals surface area contributed by atoms with Crippen LogP contribution in [0.5, 0.6) is 5.75 Å². The highest BCUT2D eigenvalue weighted by Crippen LogP contribution is 2.62. The monoisotopic (exact) mass is 518 g/mol. The van der Waals surface area contributed by atoms with E-state index in [0.29, 0.717) is 35.9 Å². The second-order valence-electron chi connectivity index (χ2n) is 11.6. The minimum absolute atomic E-state index is 0.102. The van der Waals surface area contributed by atoms with Gasteiger partial charge in [-0.3, -0.25) is 4.79 Å². The molecule has 2 aliphatic heterocycles. The van der Waals surface area contributed by atoms with E-state index in [-0.39, 0.29) is 17.1 Å². The molecule has 1 amide bonds. The number of aromatic hydroxyl groups is 1. The standard InChI is InChI=1S/C30H31FN2O3S/c31-25-14-23(13-24(27(25)34)30-15-19-8-20(16-30)10-21(9-19)17-30)22-3-1-2-18(11-22)12-26-28(35)32-29(37-26)33-4-6-36-7-5-33/h1-3,11-14,19-21,34H,4-10,15-17H2/b26-12+. The molecule has 5 nitrogen and oxygen atoms in total. The van der Waals surface area contributed by atoms with Crippen LogP contribution in [-0.2, 0) is 14.9 Å². The molecule has 8 rings (SSSR count). The first-order chi connectivity index (χ1) is 18.0. The van der Waals surface area contributed by atoms with Crippen molar-refractivity contribution in [3.8, 4) is 16.9 Å². The first kappa shape index (κ1) is 23.5. The quantitative estimate of drug-likeness (QED) is 0.508. The minimum atomic E-state index is -0.544. The Morgan fingerprint density at radius 3 is 2.43 bits per heavy atom. The van der Waals surface area contributed by atoms with Gasteiger partial charge >= 0.3 is 0 Å². The first-order valence-corrected chi connectivity index (χ1v) is 14.3. The molecule has 0 unspecified atom stereocenters. The number of amides is 1. The molecule has 5 fully saturated rings. The van der Waals surface area contributed by atoms with Crippen LogP contribution in [0.25, 0.3) is 17.2 Å². The van der Waals surface area contributed by atoms with Crippen LogP contribution in [0, 0.1) is 23.6 Å². The van der Waals surface area contributed by atoms with E-state index in [1.807, 2.05) is 36.4 Å². The second-order valence-corrected chi connectivity index (χ2v) is 12.6. The zero-order chi connectivity index (χ0) is 25.1. The van der Waals surface area contributed by atoms with Gasteiger partial charge in [0.2, 0.25) is 0 Å². The summed E-state index contributed by atoms with van der Waals surface area (Å²) in [5.74, 6) is 1.19. The smallest absolute Gasteiger partial charge is 0.286 e. The summed E-state index contributed by atoms with van der Waals surface area (Å²) < 4.78 is 20.6. The summed E-state index contributed by atoms with van der Waals surface area (Å²) in [5.41, 5.74) is 3.23. The number of amidine groups is 1. The average molecular weight is 519 g/mol. The summed E-state index contributed by atoms with van der Waals surface area (Å²) in [6, 6.07) is 11.3. The van der Waals surface area contributed by atoms with Gasteiger partial charge in [-0.2, -0.15) is 4.99 Å². The lowest BCUT2D eigenvalue weighted by atomic mass is 9.48. The summed E-state index contributed by atoms with van der Waals surface area (Å²) in [7, 11) is 0. The summed E-state index contributed by atoms with van der Waals surface area (Å²) in [6.07, 6.45) is 8.95. The zero-order valence-corrected chi connectivity index (χ0v) is 21.6. The van der Waals surface area contributed by atoms with Gasteiger partial charge < -0.3 is 14.7 Å². The fourth-order valence-corrected chi connectivity index (χ4v) is 8.82. The molecule has 37 heavy (non-hydrogen) atoms. The van der Waals surface area contributed by atoms with Crippen LogP contribution in [0.2, 0.25) is 0 Å². The van der Waals surface area contributed by atoms with Gasteiger partial charge in [-0.15, -0.1) is 0 Å². The third kappa shape index (κ3) is 4.20. The molecule has 2 aromatic carbocycles. The van der Waals surface area contributed by atoms with Crippen LogP contribution < -0.4 is 0 Å². The van der Waals surface area contributed by atoms with Crippen LogP contribution in [0.3, 0.4) is 0 Å². The van der Waals surface area contributed by atoms with Gasteiger partial charge in [0, 0.05) is 18.7 Å². The van der Waals surface area contributed by atoms with Crippen LogP contribution in [0.4, 0.5) is 4.39 Å². The predicted octanol–water partition coefficient (Wildman–Crippen LogP) is 5.97. The molecule has 0 aromatic heterocycles. The first-order valence-electron chi connectivity index (χ1n) is 13.4. The van der Waals surface area contributed by atoms with E-state index in [1.54, 1.807) is 0 Å². The average Bonchev–Trinajstić information content (AvgIpc) is 3.25. The Morgan fingerprint density at radius 1 is 1.03 bits per heavy atom. The molecule has 1 saturated heterocycles. The third-order valence-electron chi connectivity index (χ3n) is 9.08. The number of phenolic OH excluding ortho intramolecular Hbond substituents is 1. The Kier molecular flexibility index (Phi) is 5.70. The van der Waals surface area contributed by atoms with E-state index in [0.717, 1.165) is 59.8 Å². The summed E-state index contributed by atoms with van der Waals surface area (Å²) in [4.78, 5) is 19.5. The van der Waals surface area contributed by atoms with Crippen LogP contribution in [0.15, 0.2) is 46.3 Å². The molecule has 0 radical (unpaired) electrons. The Morgan fingerprint density at radius 2 is 1.73 bits per heavy atom. The lowest BCUT2D eigenvalue weighted by Crippen LogP contribution is -2.48. The molecule has 2 aromatic rings. The number of rotatable bonds is 3. The number of hydrogen-bond acceptors (Lipinski definition) is 5. The fourth-order valence-electron chi connectivity index (χ4n) is 7.86. The highest BCUT2D eigenvalue weighted by molar-refractivity contribution is 8.18. The number of halogens is 1. The number of thioether (sulfide) groups is 1. The molecule has 4 saturated carbocycles. The van der Waals surface area contributed by atoms with Crippen molar-refractivity contribution >= 4 is 28.9 Å². The highest BCUT2D eigenvalue weighted by Gasteiger charge is 2.52. The van der Waals surface area contributed by atoms with Crippen molar-refractivity contribution in [3.63, 3.8) is 0 Å². The van der Waals surface area contributed by atoms with Crippen molar-refractivity contribution in [1.29, 1.82) is 0 Å². The number of hydrogen-bond donors (Lipinski definition) is 1. The van der Waals surface area contributed by atoms with E-state index in [4.69, 9.17) is 4.74 Å². The summed E-state index contributed by atoms with van der Waals surface area (Å²) >= 11 is 1.40. The number of carbonyl (C=O) groups is 1. The van der Waals surface area contributed by atoms with Gasteiger partial charge in [-0.05, 0) is 114 Å². The van der Waals surface area contributed by atoms with Crippen molar-refractivity contribution in [2.75, 3.05) is 26.3 Å². The lowest BCUT2D eigenvalue weighted by Gasteiger charge is -2.57. The van der Waals surface area contributed by atoms with Gasteiger partial charge in [0.05, 0.1) is 18.1 Å². The molecule has 0 spiro atoms. The van der Waals surface area contributed by atoms with Crippen molar-refractivity contribution in [3.05, 3.63) is 58.2 Å². The highest BCUT2D eigenvalue weighted by atomic mass is 32.2. The molecule has 4 bridgehead atoms. The maximum Gasteiger partial charge on any atom is 0.286 e. The van der Waals surface area contributed by atoms with Crippen LogP contribution in [-0.4, -0.2) is 47.4 Å². The third-order valence-corrected chi connectivity index (χ3v) is 10.1. The Bertz CT molecular complexity index is 1290. The fraction of sp³-hybridized carbons (Fsp3) is 0.467. The number of aliphatic imine (C=N–C) groups is 1. The van der Waals surface area contributed by atoms with E-state index in [2.05, 4.69) is 9.89 Å². The van der Waals surface area contributed by atoms with E-state index >= 15 is 4.39 Å². The summed E-state index contributed by atoms with van der Waals surface area (Å²) in [6.45, 7) is 2.76. The predicted molar refractivity (Wildman–Crippen MR) is 144 cm³/mol. The Hall–Kier alpha value is -2.64. The van der Waals surface area contributed by atoms with Gasteiger partial charge in [0.15, 0.2) is 16.7 Å². The van der Waals surface area contributed by atoms with E-state index in [9.17, 15) is 9.90 Å². The normalized spacial score (nSPS) is 31.9. The van der Waals surface area contributed by atoms with Gasteiger partial charge in [-0.25, -0.2) is 4.39 Å². The molecule has 4 aliphatic carbocycles. The molecule has 6 aliphatic rings. The lowest BCUT2D eigenvalue weighted by molar-refractivity contribution is -0.113. The van der Waals surface area contributed by atoms with Crippen molar-refractivity contribution in [1.82, 2.24) is 4.90 Å². The molecule has 0 atom stereocenters. The number of phenols is 1. The molecule has 1 N–H and O–H groups in total. The molecule has 7 heteroatoms. The maximum atomic E-state index is 15.2. The van der Waals surface area contributed by atoms with Gasteiger partial charge in [0.25, 0.3) is 5.91 Å². The number of carbonyl (C=O) groups excluding carboxylic acids is 1. The van der Waals surface area contributed by atoms with Crippen molar-refractivity contribution in [2.24, 2.45) is 22.7 Å². The number of nitrogens with zero attached hydrogens (tertiary/aromatic N) is 2. The zero-order valence-electron chi connectivity index (χ0n) is 20.8. The Labute approximate surface area is 220 Å². The second kappa shape index (κ2) is 8.98.